The Bertz CT molecular complexity index is 1410. The van der Waals surface area contributed by atoms with Gasteiger partial charge in [-0.25, -0.2) is 4.79 Å². The minimum Gasteiger partial charge on any atom is -0.488 e. The number of ether oxygens (including phenoxy) is 3. The van der Waals surface area contributed by atoms with Crippen LogP contribution in [0.25, 0.3) is 11.3 Å². The highest BCUT2D eigenvalue weighted by Crippen LogP contribution is 2.40. The highest BCUT2D eigenvalue weighted by atomic mass is 19.4. The number of carbonyl (C=O) groups excluding carboxylic acids is 1. The van der Waals surface area contributed by atoms with Crippen molar-refractivity contribution in [1.82, 2.24) is 15.1 Å². The monoisotopic (exact) mass is 583 g/mol. The molecule has 5 rings (SSSR count). The first kappa shape index (κ1) is 29.8. The maximum absolute atomic E-state index is 13.6. The van der Waals surface area contributed by atoms with Crippen LogP contribution >= 0.6 is 0 Å². The molecule has 1 unspecified atom stereocenters. The van der Waals surface area contributed by atoms with E-state index < -0.39 is 17.3 Å². The van der Waals surface area contributed by atoms with E-state index in [-0.39, 0.29) is 24.4 Å². The number of fused-ring (bicyclic) bond motifs is 1. The van der Waals surface area contributed by atoms with Crippen LogP contribution in [0.4, 0.5) is 18.0 Å². The van der Waals surface area contributed by atoms with E-state index in [1.807, 2.05) is 51.1 Å². The lowest BCUT2D eigenvalue weighted by Crippen LogP contribution is -2.43. The van der Waals surface area contributed by atoms with Crippen molar-refractivity contribution in [1.29, 1.82) is 0 Å². The van der Waals surface area contributed by atoms with Crippen molar-refractivity contribution in [3.05, 3.63) is 76.5 Å². The fourth-order valence-corrected chi connectivity index (χ4v) is 5.46. The maximum atomic E-state index is 13.6. The predicted molar refractivity (Wildman–Crippen MR) is 151 cm³/mol. The molecule has 1 fully saturated rings. The largest absolute Gasteiger partial charge is 0.488 e. The number of hydrogen-bond donors (Lipinski definition) is 0. The zero-order valence-electron chi connectivity index (χ0n) is 24.2. The molecule has 7 nitrogen and oxygen atoms in total. The third kappa shape index (κ3) is 7.21. The SMILES string of the molecule is CC(C)(C)OC(=O)N1CCCC(Cc2nnc(-c3ccc(C(F)(F)F)cc3OCc3ccccc3)c3c2COCC3)C1. The number of carbonyl (C=O) groups is 1. The highest BCUT2D eigenvalue weighted by Gasteiger charge is 2.33. The second kappa shape index (κ2) is 12.3. The number of amides is 1. The number of hydrogen-bond acceptors (Lipinski definition) is 6. The van der Waals surface area contributed by atoms with E-state index in [0.717, 1.165) is 47.4 Å². The molecule has 2 aromatic carbocycles. The van der Waals surface area contributed by atoms with E-state index in [1.165, 1.54) is 6.07 Å². The van der Waals surface area contributed by atoms with Crippen LogP contribution in [-0.2, 0) is 41.7 Å². The van der Waals surface area contributed by atoms with E-state index >= 15 is 0 Å². The van der Waals surface area contributed by atoms with Gasteiger partial charge in [0.1, 0.15) is 23.7 Å². The molecule has 2 aliphatic heterocycles. The van der Waals surface area contributed by atoms with E-state index in [2.05, 4.69) is 10.2 Å². The van der Waals surface area contributed by atoms with Crippen molar-refractivity contribution in [2.75, 3.05) is 19.7 Å². The van der Waals surface area contributed by atoms with Gasteiger partial charge in [0, 0.05) is 24.2 Å². The summed E-state index contributed by atoms with van der Waals surface area (Å²) in [6.45, 7) is 7.70. The fraction of sp³-hybridized carbons (Fsp3) is 0.469. The lowest BCUT2D eigenvalue weighted by molar-refractivity contribution is -0.137. The Balaban J connectivity index is 1.43. The van der Waals surface area contributed by atoms with E-state index in [4.69, 9.17) is 14.2 Å². The molecule has 1 atom stereocenters. The predicted octanol–water partition coefficient (Wildman–Crippen LogP) is 7.00. The van der Waals surface area contributed by atoms with E-state index in [9.17, 15) is 18.0 Å². The molecule has 224 valence electrons. The molecule has 3 heterocycles. The average molecular weight is 584 g/mol. The summed E-state index contributed by atoms with van der Waals surface area (Å²) < 4.78 is 58.3. The molecule has 0 spiro atoms. The minimum atomic E-state index is -4.51. The topological polar surface area (TPSA) is 73.8 Å². The van der Waals surface area contributed by atoms with Crippen molar-refractivity contribution >= 4 is 6.09 Å². The second-order valence-corrected chi connectivity index (χ2v) is 11.9. The minimum absolute atomic E-state index is 0.102. The Morgan fingerprint density at radius 3 is 2.60 bits per heavy atom. The second-order valence-electron chi connectivity index (χ2n) is 11.9. The van der Waals surface area contributed by atoms with Crippen LogP contribution in [0.5, 0.6) is 5.75 Å². The number of aromatic nitrogens is 2. The Morgan fingerprint density at radius 2 is 1.86 bits per heavy atom. The number of benzene rings is 2. The Kier molecular flexibility index (Phi) is 8.73. The highest BCUT2D eigenvalue weighted by molar-refractivity contribution is 5.72. The molecule has 3 aromatic rings. The summed E-state index contributed by atoms with van der Waals surface area (Å²) in [4.78, 5) is 14.4. The van der Waals surface area contributed by atoms with Crippen molar-refractivity contribution in [2.24, 2.45) is 5.92 Å². The molecular weight excluding hydrogens is 547 g/mol. The van der Waals surface area contributed by atoms with E-state index in [1.54, 1.807) is 4.90 Å². The van der Waals surface area contributed by atoms with Gasteiger partial charge in [-0.2, -0.15) is 18.3 Å². The van der Waals surface area contributed by atoms with Gasteiger partial charge in [-0.15, -0.1) is 5.10 Å². The molecular formula is C32H36F3N3O4. The Morgan fingerprint density at radius 1 is 1.07 bits per heavy atom. The van der Waals surface area contributed by atoms with Gasteiger partial charge in [0.25, 0.3) is 0 Å². The summed E-state index contributed by atoms with van der Waals surface area (Å²) in [7, 11) is 0. The summed E-state index contributed by atoms with van der Waals surface area (Å²) >= 11 is 0. The van der Waals surface area contributed by atoms with Crippen LogP contribution in [-0.4, -0.2) is 46.5 Å². The molecule has 42 heavy (non-hydrogen) atoms. The number of rotatable bonds is 6. The van der Waals surface area contributed by atoms with Gasteiger partial charge in [0.15, 0.2) is 0 Å². The Labute approximate surface area is 244 Å². The molecule has 0 radical (unpaired) electrons. The summed E-state index contributed by atoms with van der Waals surface area (Å²) in [5.74, 6) is 0.276. The number of alkyl halides is 3. The number of nitrogens with zero attached hydrogens (tertiary/aromatic N) is 3. The first-order valence-corrected chi connectivity index (χ1v) is 14.3. The van der Waals surface area contributed by atoms with E-state index in [0.29, 0.717) is 50.4 Å². The van der Waals surface area contributed by atoms with Gasteiger partial charge in [0.05, 0.1) is 24.5 Å². The summed E-state index contributed by atoms with van der Waals surface area (Å²) in [5, 5.41) is 9.15. The number of halogens is 3. The molecule has 0 saturated carbocycles. The Hall–Kier alpha value is -3.66. The van der Waals surface area contributed by atoms with Crippen molar-refractivity contribution < 1.29 is 32.2 Å². The lowest BCUT2D eigenvalue weighted by Gasteiger charge is -2.34. The van der Waals surface area contributed by atoms with Gasteiger partial charge in [-0.3, -0.25) is 0 Å². The van der Waals surface area contributed by atoms with Crippen LogP contribution in [0.3, 0.4) is 0 Å². The fourth-order valence-electron chi connectivity index (χ4n) is 5.46. The number of likely N-dealkylation sites (tertiary alicyclic amines) is 1. The van der Waals surface area contributed by atoms with Crippen molar-refractivity contribution in [2.45, 2.75) is 71.4 Å². The van der Waals surface area contributed by atoms with Crippen LogP contribution in [0.2, 0.25) is 0 Å². The summed E-state index contributed by atoms with van der Waals surface area (Å²) in [6.07, 6.45) is -1.86. The molecule has 1 saturated heterocycles. The van der Waals surface area contributed by atoms with Crippen LogP contribution in [0, 0.1) is 5.92 Å². The van der Waals surface area contributed by atoms with Gasteiger partial charge < -0.3 is 19.1 Å². The normalized spacial score (nSPS) is 17.5. The smallest absolute Gasteiger partial charge is 0.416 e. The third-order valence-electron chi connectivity index (χ3n) is 7.47. The first-order valence-electron chi connectivity index (χ1n) is 14.3. The molecule has 0 bridgehead atoms. The van der Waals surface area contributed by atoms with Crippen LogP contribution < -0.4 is 4.74 Å². The molecule has 0 N–H and O–H groups in total. The molecule has 2 aliphatic rings. The quantitative estimate of drug-likeness (QED) is 0.311. The van der Waals surface area contributed by atoms with Crippen molar-refractivity contribution in [3.63, 3.8) is 0 Å². The zero-order valence-corrected chi connectivity index (χ0v) is 24.2. The standard InChI is InChI=1S/C32H36F3N3O4/c1-31(2,3)42-30(39)38-14-7-10-22(18-38)16-27-26-20-40-15-13-24(26)29(37-36-27)25-12-11-23(32(33,34)35)17-28(25)41-19-21-8-5-4-6-9-21/h4-6,8-9,11-12,17,22H,7,10,13-16,18-20H2,1-3H3. The van der Waals surface area contributed by atoms with Gasteiger partial charge in [-0.1, -0.05) is 30.3 Å². The van der Waals surface area contributed by atoms with Gasteiger partial charge in [-0.05, 0) is 81.7 Å². The molecule has 0 aliphatic carbocycles. The van der Waals surface area contributed by atoms with Gasteiger partial charge in [0.2, 0.25) is 0 Å². The average Bonchev–Trinajstić information content (AvgIpc) is 2.95. The van der Waals surface area contributed by atoms with Gasteiger partial charge >= 0.3 is 12.3 Å². The zero-order chi connectivity index (χ0) is 29.9. The first-order chi connectivity index (χ1) is 20.0. The van der Waals surface area contributed by atoms with Crippen LogP contribution in [0.1, 0.15) is 61.6 Å². The third-order valence-corrected chi connectivity index (χ3v) is 7.47. The number of piperidine rings is 1. The summed E-state index contributed by atoms with van der Waals surface area (Å²) in [6, 6.07) is 12.8. The van der Waals surface area contributed by atoms with Crippen molar-refractivity contribution in [3.8, 4) is 17.0 Å². The molecule has 10 heteroatoms. The maximum Gasteiger partial charge on any atom is 0.416 e. The van der Waals surface area contributed by atoms with Crippen LogP contribution in [0.15, 0.2) is 48.5 Å². The lowest BCUT2D eigenvalue weighted by atomic mass is 9.89. The summed E-state index contributed by atoms with van der Waals surface area (Å²) in [5.41, 5.74) is 3.07. The molecule has 1 aromatic heterocycles. The molecule has 1 amide bonds.